The average Bonchev–Trinajstić information content (AvgIpc) is 3.28. The van der Waals surface area contributed by atoms with Gasteiger partial charge in [-0.15, -0.1) is 0 Å². The van der Waals surface area contributed by atoms with E-state index in [2.05, 4.69) is 0 Å². The zero-order chi connectivity index (χ0) is 13.3. The lowest BCUT2D eigenvalue weighted by Gasteiger charge is -2.27. The van der Waals surface area contributed by atoms with Gasteiger partial charge in [0.2, 0.25) is 5.91 Å². The number of fused-ring (bicyclic) bond motifs is 5. The molecule has 104 valence electrons. The van der Waals surface area contributed by atoms with Gasteiger partial charge in [0.15, 0.2) is 0 Å². The van der Waals surface area contributed by atoms with Gasteiger partial charge in [-0.25, -0.2) is 4.79 Å². The number of aliphatic carboxylic acids is 1. The molecule has 4 fully saturated rings. The fraction of sp³-hybridized carbons (Fsp3) is 0.867. The summed E-state index contributed by atoms with van der Waals surface area (Å²) in [5.74, 6) is 2.21. The quantitative estimate of drug-likeness (QED) is 0.840. The summed E-state index contributed by atoms with van der Waals surface area (Å²) in [5.41, 5.74) is 0. The summed E-state index contributed by atoms with van der Waals surface area (Å²) in [5, 5.41) is 9.21. The molecule has 4 heteroatoms. The number of carboxylic acid groups (broad SMARTS) is 1. The zero-order valence-electron chi connectivity index (χ0n) is 11.3. The summed E-state index contributed by atoms with van der Waals surface area (Å²) >= 11 is 0. The fourth-order valence-electron chi connectivity index (χ4n) is 4.99. The first-order valence-corrected chi connectivity index (χ1v) is 7.64. The van der Waals surface area contributed by atoms with Gasteiger partial charge in [-0.05, 0) is 62.7 Å². The molecule has 0 aromatic rings. The summed E-state index contributed by atoms with van der Waals surface area (Å²) in [6.07, 6.45) is 5.90. The Kier molecular flexibility index (Phi) is 2.31. The van der Waals surface area contributed by atoms with Crippen LogP contribution in [0.2, 0.25) is 0 Å². The molecule has 5 atom stereocenters. The van der Waals surface area contributed by atoms with Crippen LogP contribution in [0.15, 0.2) is 0 Å². The van der Waals surface area contributed by atoms with Crippen molar-refractivity contribution in [3.63, 3.8) is 0 Å². The number of nitrogens with zero attached hydrogens (tertiary/aromatic N) is 1. The van der Waals surface area contributed by atoms with Gasteiger partial charge >= 0.3 is 5.97 Å². The van der Waals surface area contributed by atoms with Crippen LogP contribution in [-0.4, -0.2) is 34.0 Å². The van der Waals surface area contributed by atoms with E-state index < -0.39 is 12.0 Å². The first-order valence-electron chi connectivity index (χ1n) is 7.64. The molecule has 4 rings (SSSR count). The molecule has 2 bridgehead atoms. The molecule has 4 nitrogen and oxygen atoms in total. The lowest BCUT2D eigenvalue weighted by Crippen LogP contribution is -2.46. The standard InChI is InChI=1S/C15H21NO3/c1-7(15(18)19)16(10-4-5-10)14(17)13-11-8-2-3-9(6-8)12(11)13/h7-13H,2-6H2,1H3,(H,18,19). The van der Waals surface area contributed by atoms with Crippen molar-refractivity contribution >= 4 is 11.9 Å². The smallest absolute Gasteiger partial charge is 0.326 e. The lowest BCUT2D eigenvalue weighted by molar-refractivity contribution is -0.151. The van der Waals surface area contributed by atoms with E-state index in [-0.39, 0.29) is 17.9 Å². The third-order valence-electron chi connectivity index (χ3n) is 5.99. The second-order valence-corrected chi connectivity index (χ2v) is 7.00. The highest BCUT2D eigenvalue weighted by molar-refractivity contribution is 5.88. The van der Waals surface area contributed by atoms with Gasteiger partial charge in [0, 0.05) is 12.0 Å². The molecular weight excluding hydrogens is 242 g/mol. The zero-order valence-corrected chi connectivity index (χ0v) is 11.3. The minimum absolute atomic E-state index is 0.156. The summed E-state index contributed by atoms with van der Waals surface area (Å²) in [4.78, 5) is 25.6. The van der Waals surface area contributed by atoms with Crippen LogP contribution in [0.1, 0.15) is 39.0 Å². The van der Waals surface area contributed by atoms with Crippen LogP contribution in [0.3, 0.4) is 0 Å². The Bertz CT molecular complexity index is 429. The highest BCUT2D eigenvalue weighted by Crippen LogP contribution is 2.69. The Balaban J connectivity index is 1.52. The van der Waals surface area contributed by atoms with Crippen LogP contribution >= 0.6 is 0 Å². The molecule has 0 aliphatic heterocycles. The predicted octanol–water partition coefficient (Wildman–Crippen LogP) is 1.74. The van der Waals surface area contributed by atoms with Crippen molar-refractivity contribution in [1.29, 1.82) is 0 Å². The number of carboxylic acids is 1. The first kappa shape index (κ1) is 11.7. The number of carbonyl (C=O) groups excluding carboxylic acids is 1. The topological polar surface area (TPSA) is 57.6 Å². The SMILES string of the molecule is CC(C(=O)O)N(C(=O)C1C2C3CCC(C3)C12)C1CC1. The van der Waals surface area contributed by atoms with E-state index in [0.29, 0.717) is 11.8 Å². The Hall–Kier alpha value is -1.06. The van der Waals surface area contributed by atoms with Crippen LogP contribution in [0, 0.1) is 29.6 Å². The monoisotopic (exact) mass is 263 g/mol. The fourth-order valence-corrected chi connectivity index (χ4v) is 4.99. The third kappa shape index (κ3) is 1.58. The highest BCUT2D eigenvalue weighted by Gasteiger charge is 2.68. The molecule has 4 saturated carbocycles. The van der Waals surface area contributed by atoms with Crippen LogP contribution in [0.4, 0.5) is 0 Å². The Morgan fingerprint density at radius 3 is 2.16 bits per heavy atom. The molecule has 4 aliphatic rings. The largest absolute Gasteiger partial charge is 0.480 e. The number of hydrogen-bond donors (Lipinski definition) is 1. The molecule has 19 heavy (non-hydrogen) atoms. The van der Waals surface area contributed by atoms with Crippen molar-refractivity contribution in [2.75, 3.05) is 0 Å². The second-order valence-electron chi connectivity index (χ2n) is 7.00. The van der Waals surface area contributed by atoms with Crippen LogP contribution in [-0.2, 0) is 9.59 Å². The average molecular weight is 263 g/mol. The van der Waals surface area contributed by atoms with Gasteiger partial charge in [-0.3, -0.25) is 4.79 Å². The van der Waals surface area contributed by atoms with Gasteiger partial charge in [-0.1, -0.05) is 0 Å². The first-order chi connectivity index (χ1) is 9.09. The van der Waals surface area contributed by atoms with E-state index in [1.807, 2.05) is 0 Å². The van der Waals surface area contributed by atoms with Crippen LogP contribution in [0.25, 0.3) is 0 Å². The molecule has 0 radical (unpaired) electrons. The van der Waals surface area contributed by atoms with E-state index in [4.69, 9.17) is 0 Å². The summed E-state index contributed by atoms with van der Waals surface area (Å²) in [6, 6.07) is -0.448. The second kappa shape index (κ2) is 3.74. The summed E-state index contributed by atoms with van der Waals surface area (Å²) in [7, 11) is 0. The van der Waals surface area contributed by atoms with E-state index in [1.54, 1.807) is 11.8 Å². The molecule has 4 aliphatic carbocycles. The number of carbonyl (C=O) groups is 2. The molecule has 0 aromatic carbocycles. The van der Waals surface area contributed by atoms with Gasteiger partial charge in [0.05, 0.1) is 0 Å². The molecule has 0 aromatic heterocycles. The van der Waals surface area contributed by atoms with E-state index >= 15 is 0 Å². The molecule has 1 amide bonds. The van der Waals surface area contributed by atoms with Crippen LogP contribution in [0.5, 0.6) is 0 Å². The van der Waals surface area contributed by atoms with E-state index in [0.717, 1.165) is 24.7 Å². The minimum Gasteiger partial charge on any atom is -0.480 e. The maximum absolute atomic E-state index is 12.7. The molecule has 1 N–H and O–H groups in total. The van der Waals surface area contributed by atoms with E-state index in [9.17, 15) is 14.7 Å². The minimum atomic E-state index is -0.867. The normalized spacial score (nSPS) is 43.7. The van der Waals surface area contributed by atoms with Crippen molar-refractivity contribution in [3.8, 4) is 0 Å². The lowest BCUT2D eigenvalue weighted by atomic mass is 10.0. The third-order valence-corrected chi connectivity index (χ3v) is 5.99. The molecular formula is C15H21NO3. The number of amides is 1. The van der Waals surface area contributed by atoms with Gasteiger partial charge < -0.3 is 10.0 Å². The van der Waals surface area contributed by atoms with Gasteiger partial charge in [-0.2, -0.15) is 0 Å². The van der Waals surface area contributed by atoms with Gasteiger partial charge in [0.25, 0.3) is 0 Å². The maximum Gasteiger partial charge on any atom is 0.326 e. The van der Waals surface area contributed by atoms with Crippen molar-refractivity contribution in [2.45, 2.75) is 51.1 Å². The molecule has 0 saturated heterocycles. The van der Waals surface area contributed by atoms with Crippen molar-refractivity contribution in [2.24, 2.45) is 29.6 Å². The van der Waals surface area contributed by atoms with Crippen molar-refractivity contribution in [1.82, 2.24) is 4.90 Å². The Morgan fingerprint density at radius 1 is 1.11 bits per heavy atom. The van der Waals surface area contributed by atoms with E-state index in [1.165, 1.54) is 19.3 Å². The van der Waals surface area contributed by atoms with Gasteiger partial charge in [0.1, 0.15) is 6.04 Å². The van der Waals surface area contributed by atoms with Crippen LogP contribution < -0.4 is 0 Å². The highest BCUT2D eigenvalue weighted by atomic mass is 16.4. The predicted molar refractivity (Wildman–Crippen MR) is 68.3 cm³/mol. The Morgan fingerprint density at radius 2 is 1.68 bits per heavy atom. The van der Waals surface area contributed by atoms with Crippen molar-refractivity contribution < 1.29 is 14.7 Å². The summed E-state index contributed by atoms with van der Waals surface area (Å²) < 4.78 is 0. The maximum atomic E-state index is 12.7. The molecule has 0 spiro atoms. The number of rotatable bonds is 4. The number of hydrogen-bond acceptors (Lipinski definition) is 2. The Labute approximate surface area is 113 Å². The molecule has 5 unspecified atom stereocenters. The van der Waals surface area contributed by atoms with Crippen molar-refractivity contribution in [3.05, 3.63) is 0 Å². The summed E-state index contributed by atoms with van der Waals surface area (Å²) in [6.45, 7) is 1.66. The molecule has 0 heterocycles.